The summed E-state index contributed by atoms with van der Waals surface area (Å²) in [4.78, 5) is 18.5. The first kappa shape index (κ1) is 19.4. The molecule has 0 aliphatic heterocycles. The van der Waals surface area contributed by atoms with Gasteiger partial charge in [-0.05, 0) is 41.8 Å². The number of carbonyl (C=O) groups is 1. The minimum absolute atomic E-state index is 0.0892. The molecule has 1 aromatic heterocycles. The van der Waals surface area contributed by atoms with Crippen molar-refractivity contribution in [2.24, 2.45) is 0 Å². The van der Waals surface area contributed by atoms with Crippen molar-refractivity contribution in [2.75, 3.05) is 26.0 Å². The number of nitrogens with one attached hydrogen (secondary N) is 1. The average molecular weight is 375 g/mol. The van der Waals surface area contributed by atoms with Crippen LogP contribution in [-0.4, -0.2) is 36.5 Å². The summed E-state index contributed by atoms with van der Waals surface area (Å²) in [6.45, 7) is 1.35. The van der Waals surface area contributed by atoms with Gasteiger partial charge in [0.2, 0.25) is 0 Å². The maximum Gasteiger partial charge on any atom is 0.272 e. The van der Waals surface area contributed by atoms with Gasteiger partial charge in [0, 0.05) is 20.1 Å². The van der Waals surface area contributed by atoms with Gasteiger partial charge in [-0.25, -0.2) is 4.98 Å². The lowest BCUT2D eigenvalue weighted by Gasteiger charge is -2.17. The van der Waals surface area contributed by atoms with Crippen LogP contribution in [0.15, 0.2) is 72.9 Å². The van der Waals surface area contributed by atoms with Crippen molar-refractivity contribution >= 4 is 11.6 Å². The fourth-order valence-electron chi connectivity index (χ4n) is 2.89. The van der Waals surface area contributed by atoms with Crippen LogP contribution in [0.5, 0.6) is 5.75 Å². The number of anilines is 1. The van der Waals surface area contributed by atoms with E-state index >= 15 is 0 Å². The van der Waals surface area contributed by atoms with Crippen LogP contribution in [-0.2, 0) is 13.0 Å². The number of aromatic nitrogens is 1. The molecule has 0 atom stereocenters. The van der Waals surface area contributed by atoms with E-state index in [1.807, 2.05) is 48.5 Å². The van der Waals surface area contributed by atoms with Gasteiger partial charge in [0.25, 0.3) is 5.91 Å². The summed E-state index contributed by atoms with van der Waals surface area (Å²) in [7, 11) is 3.45. The lowest BCUT2D eigenvalue weighted by atomic mass is 10.1. The van der Waals surface area contributed by atoms with Crippen LogP contribution >= 0.6 is 0 Å². The zero-order chi connectivity index (χ0) is 19.8. The van der Waals surface area contributed by atoms with E-state index in [9.17, 15) is 4.79 Å². The van der Waals surface area contributed by atoms with Crippen LogP contribution in [0.25, 0.3) is 0 Å². The minimum atomic E-state index is -0.0892. The number of rotatable bonds is 8. The molecule has 1 heterocycles. The normalized spacial score (nSPS) is 10.4. The molecule has 0 fully saturated rings. The molecule has 0 radical (unpaired) electrons. The van der Waals surface area contributed by atoms with Crippen molar-refractivity contribution in [3.63, 3.8) is 0 Å². The van der Waals surface area contributed by atoms with Gasteiger partial charge in [0.1, 0.15) is 11.4 Å². The summed E-state index contributed by atoms with van der Waals surface area (Å²) in [5.74, 6) is 0.770. The SMILES string of the molecule is COc1ccc(CCNc2ccc(C(=O)N(C)Cc3ccccc3)nc2)cc1. The summed E-state index contributed by atoms with van der Waals surface area (Å²) < 4.78 is 5.17. The van der Waals surface area contributed by atoms with E-state index in [1.165, 1.54) is 5.56 Å². The number of hydrogen-bond acceptors (Lipinski definition) is 4. The molecule has 2 aromatic carbocycles. The van der Waals surface area contributed by atoms with Crippen LogP contribution in [0.2, 0.25) is 0 Å². The Morgan fingerprint density at radius 3 is 2.39 bits per heavy atom. The molecular formula is C23H25N3O2. The highest BCUT2D eigenvalue weighted by molar-refractivity contribution is 5.92. The summed E-state index contributed by atoms with van der Waals surface area (Å²) in [5, 5.41) is 3.34. The molecule has 1 amide bonds. The van der Waals surface area contributed by atoms with Gasteiger partial charge >= 0.3 is 0 Å². The topological polar surface area (TPSA) is 54.5 Å². The lowest BCUT2D eigenvalue weighted by molar-refractivity contribution is 0.0779. The Hall–Kier alpha value is -3.34. The van der Waals surface area contributed by atoms with Crippen molar-refractivity contribution < 1.29 is 9.53 Å². The maximum atomic E-state index is 12.5. The molecule has 3 aromatic rings. The average Bonchev–Trinajstić information content (AvgIpc) is 2.75. The molecule has 5 heteroatoms. The van der Waals surface area contributed by atoms with Crippen molar-refractivity contribution in [2.45, 2.75) is 13.0 Å². The van der Waals surface area contributed by atoms with Crippen molar-refractivity contribution in [1.29, 1.82) is 0 Å². The second kappa shape index (κ2) is 9.55. The van der Waals surface area contributed by atoms with Crippen molar-refractivity contribution in [3.05, 3.63) is 89.7 Å². The third-order valence-electron chi connectivity index (χ3n) is 4.49. The Morgan fingerprint density at radius 1 is 1.00 bits per heavy atom. The van der Waals surface area contributed by atoms with E-state index in [0.29, 0.717) is 12.2 Å². The molecule has 3 rings (SSSR count). The van der Waals surface area contributed by atoms with E-state index in [-0.39, 0.29) is 5.91 Å². The Labute approximate surface area is 166 Å². The van der Waals surface area contributed by atoms with Crippen molar-refractivity contribution in [3.8, 4) is 5.75 Å². The Balaban J connectivity index is 1.50. The second-order valence-corrected chi connectivity index (χ2v) is 6.60. The predicted molar refractivity (Wildman–Crippen MR) is 112 cm³/mol. The molecular weight excluding hydrogens is 350 g/mol. The number of carbonyl (C=O) groups excluding carboxylic acids is 1. The number of methoxy groups -OCH3 is 1. The van der Waals surface area contributed by atoms with E-state index in [0.717, 1.165) is 30.0 Å². The van der Waals surface area contributed by atoms with Crippen LogP contribution in [0.3, 0.4) is 0 Å². The first-order chi connectivity index (χ1) is 13.7. The monoisotopic (exact) mass is 375 g/mol. The number of nitrogens with zero attached hydrogens (tertiary/aromatic N) is 2. The van der Waals surface area contributed by atoms with E-state index in [1.54, 1.807) is 31.3 Å². The molecule has 0 aliphatic rings. The molecule has 5 nitrogen and oxygen atoms in total. The largest absolute Gasteiger partial charge is 0.497 e. The van der Waals surface area contributed by atoms with Gasteiger partial charge in [-0.2, -0.15) is 0 Å². The number of hydrogen-bond donors (Lipinski definition) is 1. The molecule has 0 aliphatic carbocycles. The fraction of sp³-hybridized carbons (Fsp3) is 0.217. The number of amides is 1. The lowest BCUT2D eigenvalue weighted by Crippen LogP contribution is -2.27. The fourth-order valence-corrected chi connectivity index (χ4v) is 2.89. The number of pyridine rings is 1. The summed E-state index contributed by atoms with van der Waals surface area (Å²) in [6.07, 6.45) is 2.60. The molecule has 28 heavy (non-hydrogen) atoms. The van der Waals surface area contributed by atoms with Crippen LogP contribution in [0, 0.1) is 0 Å². The number of ether oxygens (including phenoxy) is 1. The second-order valence-electron chi connectivity index (χ2n) is 6.60. The third-order valence-corrected chi connectivity index (χ3v) is 4.49. The first-order valence-electron chi connectivity index (χ1n) is 9.28. The molecule has 0 spiro atoms. The minimum Gasteiger partial charge on any atom is -0.497 e. The molecule has 0 saturated carbocycles. The standard InChI is InChI=1S/C23H25N3O2/c1-26(17-19-6-4-3-5-7-19)23(27)22-13-10-20(16-25-22)24-15-14-18-8-11-21(28-2)12-9-18/h3-13,16,24H,14-15,17H2,1-2H3. The summed E-state index contributed by atoms with van der Waals surface area (Å²) in [5.41, 5.74) is 3.67. The number of benzene rings is 2. The zero-order valence-corrected chi connectivity index (χ0v) is 16.3. The van der Waals surface area contributed by atoms with Gasteiger partial charge in [0.15, 0.2) is 0 Å². The Bertz CT molecular complexity index is 878. The summed E-state index contributed by atoms with van der Waals surface area (Å²) in [6, 6.07) is 21.6. The van der Waals surface area contributed by atoms with E-state index < -0.39 is 0 Å². The van der Waals surface area contributed by atoms with Crippen LogP contribution < -0.4 is 10.1 Å². The van der Waals surface area contributed by atoms with Crippen LogP contribution in [0.1, 0.15) is 21.6 Å². The van der Waals surface area contributed by atoms with Gasteiger partial charge in [-0.3, -0.25) is 4.79 Å². The molecule has 1 N–H and O–H groups in total. The summed E-state index contributed by atoms with van der Waals surface area (Å²) >= 11 is 0. The molecule has 144 valence electrons. The third kappa shape index (κ3) is 5.33. The Morgan fingerprint density at radius 2 is 1.75 bits per heavy atom. The maximum absolute atomic E-state index is 12.5. The van der Waals surface area contributed by atoms with Gasteiger partial charge < -0.3 is 15.0 Å². The quantitative estimate of drug-likeness (QED) is 0.646. The highest BCUT2D eigenvalue weighted by atomic mass is 16.5. The highest BCUT2D eigenvalue weighted by Crippen LogP contribution is 2.13. The predicted octanol–water partition coefficient (Wildman–Crippen LogP) is 4.02. The van der Waals surface area contributed by atoms with Gasteiger partial charge in [-0.1, -0.05) is 42.5 Å². The molecule has 0 saturated heterocycles. The van der Waals surface area contributed by atoms with Gasteiger partial charge in [-0.15, -0.1) is 0 Å². The highest BCUT2D eigenvalue weighted by Gasteiger charge is 2.13. The van der Waals surface area contributed by atoms with Gasteiger partial charge in [0.05, 0.1) is 19.0 Å². The van der Waals surface area contributed by atoms with E-state index in [4.69, 9.17) is 4.74 Å². The first-order valence-corrected chi connectivity index (χ1v) is 9.28. The smallest absolute Gasteiger partial charge is 0.272 e. The van der Waals surface area contributed by atoms with E-state index in [2.05, 4.69) is 22.4 Å². The molecule has 0 unspecified atom stereocenters. The van der Waals surface area contributed by atoms with Crippen molar-refractivity contribution in [1.82, 2.24) is 9.88 Å². The molecule has 0 bridgehead atoms. The Kier molecular flexibility index (Phi) is 6.63. The van der Waals surface area contributed by atoms with Crippen LogP contribution in [0.4, 0.5) is 5.69 Å². The zero-order valence-electron chi connectivity index (χ0n) is 16.3.